The van der Waals surface area contributed by atoms with Gasteiger partial charge in [-0.25, -0.2) is 4.79 Å². The second-order valence-electron chi connectivity index (χ2n) is 4.98. The molecular weight excluding hydrogens is 382 g/mol. The van der Waals surface area contributed by atoms with Gasteiger partial charge in [0.2, 0.25) is 0 Å². The smallest absolute Gasteiger partial charge is 0.354 e. The number of benzene rings is 2. The zero-order valence-corrected chi connectivity index (χ0v) is 13.9. The molecule has 0 unspecified atom stereocenters. The lowest BCUT2D eigenvalue weighted by Crippen LogP contribution is -2.23. The Kier molecular flexibility index (Phi) is 3.18. The third-order valence-electron chi connectivity index (χ3n) is 3.67. The van der Waals surface area contributed by atoms with Crippen molar-refractivity contribution in [3.63, 3.8) is 0 Å². The van der Waals surface area contributed by atoms with Crippen LogP contribution in [0.25, 0.3) is 27.6 Å². The normalized spacial score (nSPS) is 11.4. The Hall–Kier alpha value is -2.31. The van der Waals surface area contributed by atoms with Crippen molar-refractivity contribution in [3.05, 3.63) is 62.6 Å². The summed E-state index contributed by atoms with van der Waals surface area (Å²) in [6.07, 6.45) is 1.57. The summed E-state index contributed by atoms with van der Waals surface area (Å²) >= 11 is 9.76. The molecular formula is C16H9BrClN3O2. The molecule has 2 aromatic heterocycles. The largest absolute Gasteiger partial charge is 0.463 e. The summed E-state index contributed by atoms with van der Waals surface area (Å²) in [5, 5.41) is 1.88. The Morgan fingerprint density at radius 1 is 1.26 bits per heavy atom. The first-order chi connectivity index (χ1) is 11.1. The lowest BCUT2D eigenvalue weighted by molar-refractivity contribution is 0.619. The molecule has 4 aromatic rings. The van der Waals surface area contributed by atoms with E-state index in [2.05, 4.69) is 20.9 Å². The lowest BCUT2D eigenvalue weighted by atomic mass is 10.1. The van der Waals surface area contributed by atoms with Crippen molar-refractivity contribution in [2.24, 2.45) is 0 Å². The highest BCUT2D eigenvalue weighted by molar-refractivity contribution is 9.10. The van der Waals surface area contributed by atoms with E-state index in [4.69, 9.17) is 21.8 Å². The van der Waals surface area contributed by atoms with Gasteiger partial charge < -0.3 is 10.2 Å². The molecule has 0 amide bonds. The Bertz CT molecular complexity index is 1130. The maximum Gasteiger partial charge on any atom is 0.354 e. The van der Waals surface area contributed by atoms with Crippen molar-refractivity contribution >= 4 is 55.2 Å². The van der Waals surface area contributed by atoms with E-state index in [-0.39, 0.29) is 5.82 Å². The van der Waals surface area contributed by atoms with Crippen LogP contribution in [0.15, 0.2) is 56.3 Å². The molecule has 2 aromatic carbocycles. The number of aromatic nitrogens is 2. The first-order valence-corrected chi connectivity index (χ1v) is 7.88. The maximum absolute atomic E-state index is 12.5. The number of nitrogens with two attached hydrogens (primary N) is 1. The second kappa shape index (κ2) is 5.11. The summed E-state index contributed by atoms with van der Waals surface area (Å²) in [5.74, 6) is 0.126. The standard InChI is InChI=1S/C16H9BrClN3O2/c17-9-7-12-13(14-8(9)5-6-23-14)15(19)20-16(22)21(12)11-4-2-1-3-10(11)18/h1-7H,(H2,19,20,22). The number of furan rings is 1. The number of nitrogen functional groups attached to an aromatic ring is 1. The maximum atomic E-state index is 12.5. The van der Waals surface area contributed by atoms with Gasteiger partial charge in [0.25, 0.3) is 0 Å². The monoisotopic (exact) mass is 389 g/mol. The summed E-state index contributed by atoms with van der Waals surface area (Å²) in [4.78, 5) is 16.4. The SMILES string of the molecule is Nc1nc(=O)n(-c2ccccc2Cl)c2cc(Br)c3ccoc3c12. The van der Waals surface area contributed by atoms with Gasteiger partial charge >= 0.3 is 5.69 Å². The fourth-order valence-electron chi connectivity index (χ4n) is 2.68. The molecule has 0 fully saturated rings. The van der Waals surface area contributed by atoms with Crippen LogP contribution in [-0.4, -0.2) is 9.55 Å². The summed E-state index contributed by atoms with van der Waals surface area (Å²) in [6, 6.07) is 10.7. The number of fused-ring (bicyclic) bond motifs is 3. The minimum atomic E-state index is -0.499. The summed E-state index contributed by atoms with van der Waals surface area (Å²) < 4.78 is 7.78. The van der Waals surface area contributed by atoms with Crippen LogP contribution in [0.2, 0.25) is 5.02 Å². The molecule has 23 heavy (non-hydrogen) atoms. The lowest BCUT2D eigenvalue weighted by Gasteiger charge is -2.13. The van der Waals surface area contributed by atoms with Crippen LogP contribution in [-0.2, 0) is 0 Å². The molecule has 0 aliphatic rings. The van der Waals surface area contributed by atoms with Gasteiger partial charge in [0.1, 0.15) is 11.4 Å². The number of hydrogen-bond acceptors (Lipinski definition) is 4. The average molecular weight is 391 g/mol. The topological polar surface area (TPSA) is 74.0 Å². The van der Waals surface area contributed by atoms with Crippen molar-refractivity contribution in [1.29, 1.82) is 0 Å². The number of para-hydroxylation sites is 1. The van der Waals surface area contributed by atoms with Gasteiger partial charge in [0, 0.05) is 9.86 Å². The Morgan fingerprint density at radius 3 is 2.83 bits per heavy atom. The van der Waals surface area contributed by atoms with Crippen LogP contribution in [0.1, 0.15) is 0 Å². The summed E-state index contributed by atoms with van der Waals surface area (Å²) in [6.45, 7) is 0. The molecule has 0 aliphatic carbocycles. The predicted octanol–water partition coefficient (Wildman–Crippen LogP) is 4.13. The molecule has 2 heterocycles. The van der Waals surface area contributed by atoms with Crippen molar-refractivity contribution in [1.82, 2.24) is 9.55 Å². The molecule has 5 nitrogen and oxygen atoms in total. The fraction of sp³-hybridized carbons (Fsp3) is 0. The van der Waals surface area contributed by atoms with E-state index < -0.39 is 5.69 Å². The van der Waals surface area contributed by atoms with E-state index in [1.165, 1.54) is 4.57 Å². The number of hydrogen-bond donors (Lipinski definition) is 1. The van der Waals surface area contributed by atoms with Gasteiger partial charge in [-0.05, 0) is 40.2 Å². The number of rotatable bonds is 1. The van der Waals surface area contributed by atoms with E-state index >= 15 is 0 Å². The fourth-order valence-corrected chi connectivity index (χ4v) is 3.43. The minimum absolute atomic E-state index is 0.126. The third kappa shape index (κ3) is 2.06. The number of nitrogens with zero attached hydrogens (tertiary/aromatic N) is 2. The molecule has 0 bridgehead atoms. The summed E-state index contributed by atoms with van der Waals surface area (Å²) in [5.41, 5.74) is 7.17. The van der Waals surface area contributed by atoms with Crippen LogP contribution in [0.4, 0.5) is 5.82 Å². The van der Waals surface area contributed by atoms with Gasteiger partial charge in [-0.15, -0.1) is 0 Å². The van der Waals surface area contributed by atoms with Crippen LogP contribution < -0.4 is 11.4 Å². The van der Waals surface area contributed by atoms with Gasteiger partial charge in [-0.1, -0.05) is 23.7 Å². The van der Waals surface area contributed by atoms with E-state index in [9.17, 15) is 4.79 Å². The summed E-state index contributed by atoms with van der Waals surface area (Å²) in [7, 11) is 0. The van der Waals surface area contributed by atoms with Crippen molar-refractivity contribution in [2.45, 2.75) is 0 Å². The molecule has 114 valence electrons. The Labute approximate surface area is 143 Å². The van der Waals surface area contributed by atoms with E-state index in [1.807, 2.05) is 12.1 Å². The first-order valence-electron chi connectivity index (χ1n) is 6.71. The highest BCUT2D eigenvalue weighted by Crippen LogP contribution is 2.35. The van der Waals surface area contributed by atoms with Crippen molar-refractivity contribution in [3.8, 4) is 5.69 Å². The van der Waals surface area contributed by atoms with Crippen molar-refractivity contribution < 1.29 is 4.42 Å². The molecule has 0 saturated carbocycles. The van der Waals surface area contributed by atoms with E-state index in [0.29, 0.717) is 27.2 Å². The molecule has 0 aliphatic heterocycles. The van der Waals surface area contributed by atoms with Crippen LogP contribution >= 0.6 is 27.5 Å². The molecule has 4 rings (SSSR count). The first kappa shape index (κ1) is 14.3. The molecule has 0 atom stereocenters. The molecule has 2 N–H and O–H groups in total. The zero-order chi connectivity index (χ0) is 16.1. The number of anilines is 1. The second-order valence-corrected chi connectivity index (χ2v) is 6.24. The zero-order valence-electron chi connectivity index (χ0n) is 11.6. The van der Waals surface area contributed by atoms with Crippen LogP contribution in [0.3, 0.4) is 0 Å². The highest BCUT2D eigenvalue weighted by Gasteiger charge is 2.18. The average Bonchev–Trinajstić information content (AvgIpc) is 2.98. The Balaban J connectivity index is 2.28. The predicted molar refractivity (Wildman–Crippen MR) is 94.2 cm³/mol. The quantitative estimate of drug-likeness (QED) is 0.530. The molecule has 7 heteroatoms. The van der Waals surface area contributed by atoms with Crippen LogP contribution in [0, 0.1) is 0 Å². The van der Waals surface area contributed by atoms with E-state index in [1.54, 1.807) is 30.5 Å². The van der Waals surface area contributed by atoms with Gasteiger partial charge in [-0.2, -0.15) is 4.98 Å². The number of halogens is 2. The molecule has 0 spiro atoms. The van der Waals surface area contributed by atoms with E-state index in [0.717, 1.165) is 9.86 Å². The van der Waals surface area contributed by atoms with Gasteiger partial charge in [0.05, 0.1) is 27.9 Å². The Morgan fingerprint density at radius 2 is 2.04 bits per heavy atom. The molecule has 0 radical (unpaired) electrons. The van der Waals surface area contributed by atoms with Crippen molar-refractivity contribution in [2.75, 3.05) is 5.73 Å². The van der Waals surface area contributed by atoms with Gasteiger partial charge in [0.15, 0.2) is 0 Å². The van der Waals surface area contributed by atoms with Gasteiger partial charge in [-0.3, -0.25) is 4.57 Å². The third-order valence-corrected chi connectivity index (χ3v) is 4.64. The highest BCUT2D eigenvalue weighted by atomic mass is 79.9. The molecule has 0 saturated heterocycles. The minimum Gasteiger partial charge on any atom is -0.463 e. The van der Waals surface area contributed by atoms with Crippen LogP contribution in [0.5, 0.6) is 0 Å².